The molecule has 1 heterocycles. The average molecular weight is 329 g/mol. The second-order valence-corrected chi connectivity index (χ2v) is 5.75. The molecule has 2 aromatic carbocycles. The van der Waals surface area contributed by atoms with Gasteiger partial charge in [0.1, 0.15) is 17.7 Å². The van der Waals surface area contributed by atoms with Crippen molar-refractivity contribution in [1.82, 2.24) is 4.90 Å². The van der Waals surface area contributed by atoms with Gasteiger partial charge in [-0.3, -0.25) is 4.79 Å². The normalized spacial score (nSPS) is 17.6. The molecule has 1 aliphatic rings. The molecular formula is C19H20FNO3. The van der Waals surface area contributed by atoms with E-state index in [1.165, 1.54) is 6.07 Å². The molecule has 24 heavy (non-hydrogen) atoms. The topological polar surface area (TPSA) is 38.8 Å². The van der Waals surface area contributed by atoms with Crippen LogP contribution >= 0.6 is 0 Å². The van der Waals surface area contributed by atoms with E-state index in [0.29, 0.717) is 31.7 Å². The highest BCUT2D eigenvalue weighted by atomic mass is 19.1. The van der Waals surface area contributed by atoms with Crippen molar-refractivity contribution < 1.29 is 18.7 Å². The Kier molecular flexibility index (Phi) is 5.11. The second kappa shape index (κ2) is 7.45. The van der Waals surface area contributed by atoms with Crippen molar-refractivity contribution in [2.45, 2.75) is 12.5 Å². The molecule has 0 N–H and O–H groups in total. The summed E-state index contributed by atoms with van der Waals surface area (Å²) in [5, 5.41) is 0. The van der Waals surface area contributed by atoms with Crippen molar-refractivity contribution in [2.75, 3.05) is 26.8 Å². The van der Waals surface area contributed by atoms with E-state index in [-0.39, 0.29) is 11.7 Å². The highest BCUT2D eigenvalue weighted by molar-refractivity contribution is 5.79. The average Bonchev–Trinajstić information content (AvgIpc) is 2.62. The molecule has 0 unspecified atom stereocenters. The van der Waals surface area contributed by atoms with Gasteiger partial charge in [-0.15, -0.1) is 0 Å². The Balaban J connectivity index is 1.68. The van der Waals surface area contributed by atoms with Crippen LogP contribution in [-0.2, 0) is 16.0 Å². The predicted molar refractivity (Wildman–Crippen MR) is 88.4 cm³/mol. The number of methoxy groups -OCH3 is 1. The first-order valence-corrected chi connectivity index (χ1v) is 7.94. The van der Waals surface area contributed by atoms with E-state index < -0.39 is 6.10 Å². The van der Waals surface area contributed by atoms with Gasteiger partial charge in [0.2, 0.25) is 5.91 Å². The molecule has 0 aromatic heterocycles. The summed E-state index contributed by atoms with van der Waals surface area (Å²) in [6.07, 6.45) is -0.129. The van der Waals surface area contributed by atoms with Crippen molar-refractivity contribution in [3.63, 3.8) is 0 Å². The van der Waals surface area contributed by atoms with Crippen molar-refractivity contribution >= 4 is 5.91 Å². The van der Waals surface area contributed by atoms with Crippen LogP contribution in [0.2, 0.25) is 0 Å². The van der Waals surface area contributed by atoms with E-state index in [0.717, 1.165) is 11.3 Å². The number of halogens is 1. The lowest BCUT2D eigenvalue weighted by molar-refractivity contribution is -0.138. The fourth-order valence-corrected chi connectivity index (χ4v) is 2.87. The lowest BCUT2D eigenvalue weighted by atomic mass is 10.1. The van der Waals surface area contributed by atoms with Gasteiger partial charge in [0.05, 0.1) is 26.7 Å². The minimum Gasteiger partial charge on any atom is -0.497 e. The maximum atomic E-state index is 13.9. The monoisotopic (exact) mass is 329 g/mol. The number of hydrogen-bond acceptors (Lipinski definition) is 3. The molecule has 0 radical (unpaired) electrons. The van der Waals surface area contributed by atoms with Crippen molar-refractivity contribution in [2.24, 2.45) is 0 Å². The van der Waals surface area contributed by atoms with E-state index in [4.69, 9.17) is 9.47 Å². The van der Waals surface area contributed by atoms with Crippen molar-refractivity contribution in [3.05, 3.63) is 65.5 Å². The fourth-order valence-electron chi connectivity index (χ4n) is 2.87. The minimum atomic E-state index is -0.422. The predicted octanol–water partition coefficient (Wildman–Crippen LogP) is 2.98. The Morgan fingerprint density at radius 1 is 1.29 bits per heavy atom. The summed E-state index contributed by atoms with van der Waals surface area (Å²) in [7, 11) is 1.60. The first-order chi connectivity index (χ1) is 11.7. The Morgan fingerprint density at radius 3 is 2.92 bits per heavy atom. The summed E-state index contributed by atoms with van der Waals surface area (Å²) >= 11 is 0. The standard InChI is InChI=1S/C19H20FNO3/c1-23-15-6-4-5-14(11-15)12-19(22)21-9-10-24-18(13-21)16-7-2-3-8-17(16)20/h2-8,11,18H,9-10,12-13H2,1H3/t18-/m1/s1. The van der Waals surface area contributed by atoms with Gasteiger partial charge < -0.3 is 14.4 Å². The van der Waals surface area contributed by atoms with Gasteiger partial charge in [-0.25, -0.2) is 4.39 Å². The molecule has 4 nitrogen and oxygen atoms in total. The zero-order valence-electron chi connectivity index (χ0n) is 13.6. The van der Waals surface area contributed by atoms with Gasteiger partial charge in [-0.1, -0.05) is 30.3 Å². The third kappa shape index (κ3) is 3.74. The smallest absolute Gasteiger partial charge is 0.227 e. The first-order valence-electron chi connectivity index (χ1n) is 7.94. The largest absolute Gasteiger partial charge is 0.497 e. The Hall–Kier alpha value is -2.40. The van der Waals surface area contributed by atoms with E-state index >= 15 is 0 Å². The Labute approximate surface area is 140 Å². The van der Waals surface area contributed by atoms with E-state index in [9.17, 15) is 9.18 Å². The molecule has 0 aliphatic carbocycles. The second-order valence-electron chi connectivity index (χ2n) is 5.75. The van der Waals surface area contributed by atoms with E-state index in [2.05, 4.69) is 0 Å². The summed E-state index contributed by atoms with van der Waals surface area (Å²) in [4.78, 5) is 14.3. The van der Waals surface area contributed by atoms with Gasteiger partial charge in [-0.05, 0) is 23.8 Å². The number of rotatable bonds is 4. The molecule has 1 fully saturated rings. The summed E-state index contributed by atoms with van der Waals surface area (Å²) in [6.45, 7) is 1.29. The molecule has 3 rings (SSSR count). The van der Waals surface area contributed by atoms with Gasteiger partial charge in [0.25, 0.3) is 0 Å². The molecule has 0 bridgehead atoms. The summed E-state index contributed by atoms with van der Waals surface area (Å²) in [5.74, 6) is 0.434. The van der Waals surface area contributed by atoms with E-state index in [1.807, 2.05) is 24.3 Å². The SMILES string of the molecule is COc1cccc(CC(=O)N2CCO[C@@H](c3ccccc3F)C2)c1. The first kappa shape index (κ1) is 16.5. The molecule has 0 spiro atoms. The van der Waals surface area contributed by atoms with Crippen LogP contribution in [0.4, 0.5) is 4.39 Å². The van der Waals surface area contributed by atoms with Gasteiger partial charge in [0.15, 0.2) is 0 Å². The molecule has 126 valence electrons. The molecule has 5 heteroatoms. The molecule has 1 atom stereocenters. The number of amides is 1. The van der Waals surface area contributed by atoms with Crippen LogP contribution < -0.4 is 4.74 Å². The molecule has 1 amide bonds. The number of carbonyl (C=O) groups is 1. The summed E-state index contributed by atoms with van der Waals surface area (Å²) in [5.41, 5.74) is 1.39. The third-order valence-corrected chi connectivity index (χ3v) is 4.16. The van der Waals surface area contributed by atoms with Crippen LogP contribution in [0, 0.1) is 5.82 Å². The number of morpholine rings is 1. The molecule has 0 saturated carbocycles. The minimum absolute atomic E-state index is 0.00731. The van der Waals surface area contributed by atoms with Gasteiger partial charge >= 0.3 is 0 Å². The lowest BCUT2D eigenvalue weighted by Crippen LogP contribution is -2.43. The fraction of sp³-hybridized carbons (Fsp3) is 0.316. The van der Waals surface area contributed by atoms with Crippen LogP contribution in [0.3, 0.4) is 0 Å². The van der Waals surface area contributed by atoms with Crippen LogP contribution in [0.5, 0.6) is 5.75 Å². The zero-order valence-corrected chi connectivity index (χ0v) is 13.6. The van der Waals surface area contributed by atoms with Gasteiger partial charge in [0, 0.05) is 12.1 Å². The van der Waals surface area contributed by atoms with Crippen molar-refractivity contribution in [1.29, 1.82) is 0 Å². The number of nitrogens with zero attached hydrogens (tertiary/aromatic N) is 1. The summed E-state index contributed by atoms with van der Waals surface area (Å²) < 4.78 is 24.8. The summed E-state index contributed by atoms with van der Waals surface area (Å²) in [6, 6.07) is 14.0. The Morgan fingerprint density at radius 2 is 2.12 bits per heavy atom. The molecular weight excluding hydrogens is 309 g/mol. The maximum Gasteiger partial charge on any atom is 0.227 e. The highest BCUT2D eigenvalue weighted by Crippen LogP contribution is 2.25. The Bertz CT molecular complexity index is 719. The molecule has 1 saturated heterocycles. The number of hydrogen-bond donors (Lipinski definition) is 0. The van der Waals surface area contributed by atoms with E-state index in [1.54, 1.807) is 30.2 Å². The van der Waals surface area contributed by atoms with Crippen LogP contribution in [-0.4, -0.2) is 37.6 Å². The highest BCUT2D eigenvalue weighted by Gasteiger charge is 2.27. The van der Waals surface area contributed by atoms with Gasteiger partial charge in [-0.2, -0.15) is 0 Å². The zero-order chi connectivity index (χ0) is 16.9. The number of carbonyl (C=O) groups excluding carboxylic acids is 1. The van der Waals surface area contributed by atoms with Crippen LogP contribution in [0.15, 0.2) is 48.5 Å². The van der Waals surface area contributed by atoms with Crippen molar-refractivity contribution in [3.8, 4) is 5.75 Å². The molecule has 1 aliphatic heterocycles. The van der Waals surface area contributed by atoms with Crippen LogP contribution in [0.1, 0.15) is 17.2 Å². The maximum absolute atomic E-state index is 13.9. The third-order valence-electron chi connectivity index (χ3n) is 4.16. The molecule has 2 aromatic rings. The lowest BCUT2D eigenvalue weighted by Gasteiger charge is -2.33. The number of benzene rings is 2. The quantitative estimate of drug-likeness (QED) is 0.866. The number of ether oxygens (including phenoxy) is 2. The van der Waals surface area contributed by atoms with Crippen LogP contribution in [0.25, 0.3) is 0 Å².